The molecule has 0 bridgehead atoms. The Hall–Kier alpha value is -2.60. The molecule has 1 atom stereocenters. The van der Waals surface area contributed by atoms with Crippen LogP contribution in [0.15, 0.2) is 42.6 Å². The topological polar surface area (TPSA) is 72.5 Å². The molecule has 1 heterocycles. The molecule has 0 saturated carbocycles. The lowest BCUT2D eigenvalue weighted by molar-refractivity contribution is 0.144. The summed E-state index contributed by atoms with van der Waals surface area (Å²) in [6, 6.07) is 11.0. The minimum atomic E-state index is -0.310. The van der Waals surface area contributed by atoms with Gasteiger partial charge in [-0.3, -0.25) is 0 Å². The van der Waals surface area contributed by atoms with Gasteiger partial charge in [-0.05, 0) is 37.1 Å². The van der Waals surface area contributed by atoms with E-state index in [2.05, 4.69) is 15.6 Å². The Bertz CT molecular complexity index is 676. The molecule has 1 unspecified atom stereocenters. The van der Waals surface area contributed by atoms with Crippen LogP contribution in [0.25, 0.3) is 0 Å². The van der Waals surface area contributed by atoms with Crippen LogP contribution >= 0.6 is 0 Å². The fraction of sp³-hybridized carbons (Fsp3) is 0.333. The monoisotopic (exact) mass is 329 g/mol. The highest BCUT2D eigenvalue weighted by Crippen LogP contribution is 2.21. The summed E-state index contributed by atoms with van der Waals surface area (Å²) in [6.07, 6.45) is 1.61. The van der Waals surface area contributed by atoms with Gasteiger partial charge in [0.2, 0.25) is 5.88 Å². The number of pyridine rings is 1. The van der Waals surface area contributed by atoms with Crippen LogP contribution in [0.3, 0.4) is 0 Å². The molecule has 2 amide bonds. The lowest BCUT2D eigenvalue weighted by Gasteiger charge is -2.17. The number of urea groups is 1. The van der Waals surface area contributed by atoms with Crippen molar-refractivity contribution in [2.24, 2.45) is 0 Å². The van der Waals surface area contributed by atoms with Crippen molar-refractivity contribution in [3.05, 3.63) is 53.7 Å². The highest BCUT2D eigenvalue weighted by atomic mass is 16.5. The van der Waals surface area contributed by atoms with Crippen molar-refractivity contribution in [1.29, 1.82) is 0 Å². The first-order valence-electron chi connectivity index (χ1n) is 7.81. The molecule has 2 aromatic rings. The predicted octanol–water partition coefficient (Wildman–Crippen LogP) is 3.30. The predicted molar refractivity (Wildman–Crippen MR) is 93.4 cm³/mol. The molecule has 128 valence electrons. The number of rotatable bonds is 7. The zero-order valence-electron chi connectivity index (χ0n) is 14.2. The van der Waals surface area contributed by atoms with Gasteiger partial charge in [0.05, 0.1) is 12.6 Å². The van der Waals surface area contributed by atoms with E-state index in [4.69, 9.17) is 9.47 Å². The van der Waals surface area contributed by atoms with Crippen LogP contribution in [-0.2, 0) is 4.74 Å². The molecule has 2 N–H and O–H groups in total. The summed E-state index contributed by atoms with van der Waals surface area (Å²) in [5.74, 6) is 0.369. The van der Waals surface area contributed by atoms with E-state index in [-0.39, 0.29) is 12.1 Å². The largest absolute Gasteiger partial charge is 0.474 e. The number of benzene rings is 1. The Labute approximate surface area is 142 Å². The van der Waals surface area contributed by atoms with Crippen LogP contribution < -0.4 is 15.4 Å². The van der Waals surface area contributed by atoms with Gasteiger partial charge in [0.15, 0.2) is 0 Å². The second-order valence-electron chi connectivity index (χ2n) is 5.37. The van der Waals surface area contributed by atoms with E-state index in [0.717, 1.165) is 11.1 Å². The molecule has 0 aliphatic heterocycles. The molecule has 2 rings (SSSR count). The van der Waals surface area contributed by atoms with Gasteiger partial charge in [-0.15, -0.1) is 0 Å². The number of carbonyl (C=O) groups is 1. The van der Waals surface area contributed by atoms with Crippen molar-refractivity contribution in [2.45, 2.75) is 19.9 Å². The van der Waals surface area contributed by atoms with Gasteiger partial charge in [0, 0.05) is 13.3 Å². The molecule has 6 nitrogen and oxygen atoms in total. The van der Waals surface area contributed by atoms with Gasteiger partial charge in [-0.1, -0.05) is 24.3 Å². The SMILES string of the molecule is COCCOc1ncccc1NC(=O)NC(C)c1ccccc1C. The molecule has 0 radical (unpaired) electrons. The van der Waals surface area contributed by atoms with E-state index in [9.17, 15) is 4.79 Å². The van der Waals surface area contributed by atoms with E-state index in [1.807, 2.05) is 38.1 Å². The fourth-order valence-electron chi connectivity index (χ4n) is 2.33. The number of aryl methyl sites for hydroxylation is 1. The van der Waals surface area contributed by atoms with Gasteiger partial charge >= 0.3 is 6.03 Å². The third kappa shape index (κ3) is 4.96. The molecule has 6 heteroatoms. The summed E-state index contributed by atoms with van der Waals surface area (Å²) in [4.78, 5) is 16.4. The lowest BCUT2D eigenvalue weighted by Crippen LogP contribution is -2.31. The fourth-order valence-corrected chi connectivity index (χ4v) is 2.33. The van der Waals surface area contributed by atoms with E-state index >= 15 is 0 Å². The van der Waals surface area contributed by atoms with Crippen molar-refractivity contribution in [3.63, 3.8) is 0 Å². The van der Waals surface area contributed by atoms with Crippen LogP contribution in [0.5, 0.6) is 5.88 Å². The number of hydrogen-bond acceptors (Lipinski definition) is 4. The van der Waals surface area contributed by atoms with Gasteiger partial charge < -0.3 is 20.1 Å². The van der Waals surface area contributed by atoms with E-state index in [1.165, 1.54) is 0 Å². The number of amides is 2. The summed E-state index contributed by atoms with van der Waals surface area (Å²) in [5, 5.41) is 5.70. The molecular weight excluding hydrogens is 306 g/mol. The van der Waals surface area contributed by atoms with Gasteiger partial charge in [-0.2, -0.15) is 0 Å². The first kappa shape index (κ1) is 17.7. The maximum absolute atomic E-state index is 12.3. The van der Waals surface area contributed by atoms with Crippen molar-refractivity contribution < 1.29 is 14.3 Å². The summed E-state index contributed by atoms with van der Waals surface area (Å²) < 4.78 is 10.5. The summed E-state index contributed by atoms with van der Waals surface area (Å²) in [7, 11) is 1.60. The number of nitrogens with zero attached hydrogens (tertiary/aromatic N) is 1. The van der Waals surface area contributed by atoms with E-state index in [1.54, 1.807) is 25.4 Å². The van der Waals surface area contributed by atoms with E-state index < -0.39 is 0 Å². The smallest absolute Gasteiger partial charge is 0.319 e. The number of ether oxygens (including phenoxy) is 2. The van der Waals surface area contributed by atoms with Crippen molar-refractivity contribution >= 4 is 11.7 Å². The average molecular weight is 329 g/mol. The van der Waals surface area contributed by atoms with Crippen LogP contribution in [0.1, 0.15) is 24.1 Å². The second-order valence-corrected chi connectivity index (χ2v) is 5.37. The standard InChI is InChI=1S/C18H23N3O3/c1-13-7-4-5-8-15(13)14(2)20-18(22)21-16-9-6-10-19-17(16)24-12-11-23-3/h4-10,14H,11-12H2,1-3H3,(H2,20,21,22). The quantitative estimate of drug-likeness (QED) is 0.765. The lowest BCUT2D eigenvalue weighted by atomic mass is 10.0. The molecular formula is C18H23N3O3. The third-order valence-electron chi connectivity index (χ3n) is 3.55. The Morgan fingerprint density at radius 2 is 2.00 bits per heavy atom. The van der Waals surface area contributed by atoms with Crippen LogP contribution in [0.4, 0.5) is 10.5 Å². The van der Waals surface area contributed by atoms with Gasteiger partial charge in [0.1, 0.15) is 12.3 Å². The normalized spacial score (nSPS) is 11.6. The number of aromatic nitrogens is 1. The van der Waals surface area contributed by atoms with Crippen molar-refractivity contribution in [1.82, 2.24) is 10.3 Å². The van der Waals surface area contributed by atoms with Crippen LogP contribution in [-0.4, -0.2) is 31.3 Å². The van der Waals surface area contributed by atoms with E-state index in [0.29, 0.717) is 24.8 Å². The third-order valence-corrected chi connectivity index (χ3v) is 3.55. The number of anilines is 1. The molecule has 0 saturated heterocycles. The second kappa shape index (κ2) is 8.88. The van der Waals surface area contributed by atoms with Crippen LogP contribution in [0.2, 0.25) is 0 Å². The average Bonchev–Trinajstić information content (AvgIpc) is 2.57. The minimum absolute atomic E-state index is 0.110. The molecule has 0 fully saturated rings. The molecule has 0 aliphatic carbocycles. The minimum Gasteiger partial charge on any atom is -0.474 e. The number of hydrogen-bond donors (Lipinski definition) is 2. The molecule has 1 aromatic carbocycles. The number of methoxy groups -OCH3 is 1. The first-order valence-corrected chi connectivity index (χ1v) is 7.81. The van der Waals surface area contributed by atoms with Gasteiger partial charge in [-0.25, -0.2) is 9.78 Å². The van der Waals surface area contributed by atoms with Crippen LogP contribution in [0, 0.1) is 6.92 Å². The number of nitrogens with one attached hydrogen (secondary N) is 2. The molecule has 0 spiro atoms. The summed E-state index contributed by atoms with van der Waals surface area (Å²) in [5.41, 5.74) is 2.73. The van der Waals surface area contributed by atoms with Crippen molar-refractivity contribution in [3.8, 4) is 5.88 Å². The highest BCUT2D eigenvalue weighted by molar-refractivity contribution is 5.90. The first-order chi connectivity index (χ1) is 11.6. The zero-order valence-corrected chi connectivity index (χ0v) is 14.2. The Kier molecular flexibility index (Phi) is 6.57. The summed E-state index contributed by atoms with van der Waals surface area (Å²) in [6.45, 7) is 4.78. The Morgan fingerprint density at radius 1 is 1.21 bits per heavy atom. The molecule has 1 aromatic heterocycles. The highest BCUT2D eigenvalue weighted by Gasteiger charge is 2.13. The maximum atomic E-state index is 12.3. The Morgan fingerprint density at radius 3 is 2.75 bits per heavy atom. The Balaban J connectivity index is 1.98. The summed E-state index contributed by atoms with van der Waals surface area (Å²) >= 11 is 0. The van der Waals surface area contributed by atoms with Crippen molar-refractivity contribution in [2.75, 3.05) is 25.6 Å². The molecule has 24 heavy (non-hydrogen) atoms. The number of carbonyl (C=O) groups excluding carboxylic acids is 1. The zero-order chi connectivity index (χ0) is 17.4. The maximum Gasteiger partial charge on any atom is 0.319 e. The molecule has 0 aliphatic rings. The van der Waals surface area contributed by atoms with Gasteiger partial charge in [0.25, 0.3) is 0 Å².